The fraction of sp³-hybridized carbons (Fsp3) is 0.217. The number of aryl methyl sites for hydroxylation is 1. The van der Waals surface area contributed by atoms with Gasteiger partial charge in [-0.1, -0.05) is 29.5 Å². The molecule has 0 spiro atoms. The van der Waals surface area contributed by atoms with Crippen LogP contribution in [-0.4, -0.2) is 42.1 Å². The van der Waals surface area contributed by atoms with Crippen LogP contribution in [0.15, 0.2) is 57.6 Å². The van der Waals surface area contributed by atoms with Crippen molar-refractivity contribution < 1.29 is 29.2 Å². The number of nitrogens with zero attached hydrogens (tertiary/aromatic N) is 1. The first-order chi connectivity index (χ1) is 14.9. The summed E-state index contributed by atoms with van der Waals surface area (Å²) in [6.45, 7) is 3.84. The Morgan fingerprint density at radius 2 is 1.71 bits per heavy atom. The molecular formula is C23H23NO6S. The third-order valence-electron chi connectivity index (χ3n) is 4.43. The number of phenols is 1. The third kappa shape index (κ3) is 4.86. The highest BCUT2D eigenvalue weighted by Gasteiger charge is 2.33. The average Bonchev–Trinajstić information content (AvgIpc) is 3.05. The summed E-state index contributed by atoms with van der Waals surface area (Å²) in [5, 5.41) is 21.3. The van der Waals surface area contributed by atoms with Crippen LogP contribution >= 0.6 is 11.8 Å². The number of hydrogen-bond donors (Lipinski definition) is 2. The van der Waals surface area contributed by atoms with Gasteiger partial charge in [0.1, 0.15) is 16.4 Å². The van der Waals surface area contributed by atoms with Crippen molar-refractivity contribution in [2.45, 2.75) is 13.8 Å². The number of ether oxygens (including phenoxy) is 3. The molecule has 1 aliphatic rings. The number of aliphatic imine (C=N–C) groups is 1. The molecule has 1 aliphatic heterocycles. The maximum atomic E-state index is 12.5. The van der Waals surface area contributed by atoms with Gasteiger partial charge in [0.05, 0.1) is 31.4 Å². The minimum Gasteiger partial charge on any atom is -0.506 e. The first kappa shape index (κ1) is 22.3. The van der Waals surface area contributed by atoms with Crippen LogP contribution in [-0.2, 0) is 9.53 Å². The molecule has 0 bridgehead atoms. The molecule has 0 aliphatic carbocycles. The molecule has 0 unspecified atom stereocenters. The van der Waals surface area contributed by atoms with E-state index < -0.39 is 5.97 Å². The average molecular weight is 442 g/mol. The van der Waals surface area contributed by atoms with Gasteiger partial charge in [-0.15, -0.1) is 0 Å². The first-order valence-electron chi connectivity index (χ1n) is 9.48. The zero-order chi connectivity index (χ0) is 22.5. The van der Waals surface area contributed by atoms with Crippen LogP contribution in [0.1, 0.15) is 18.1 Å². The van der Waals surface area contributed by atoms with Crippen LogP contribution in [0, 0.1) is 6.92 Å². The maximum Gasteiger partial charge on any atom is 0.344 e. The van der Waals surface area contributed by atoms with Gasteiger partial charge in [-0.3, -0.25) is 0 Å². The SMILES string of the molecule is CCOC(=O)C1=C(O)/C(=C/c2cc(OC)c(O)c(OC)c2)SC1=Nc1ccc(C)cc1. The molecule has 1 heterocycles. The van der Waals surface area contributed by atoms with Gasteiger partial charge in [0.25, 0.3) is 0 Å². The Morgan fingerprint density at radius 1 is 1.10 bits per heavy atom. The Morgan fingerprint density at radius 3 is 2.26 bits per heavy atom. The Hall–Kier alpha value is -3.39. The Bertz CT molecular complexity index is 1060. The summed E-state index contributed by atoms with van der Waals surface area (Å²) in [5.41, 5.74) is 2.34. The standard InChI is InChI=1S/C23H23NO6S/c1-5-30-23(27)19-21(26)18(31-22(19)24-15-8-6-13(2)7-9-15)12-14-10-16(28-3)20(25)17(11-14)29-4/h6-12,25-26H,5H2,1-4H3/b18-12-,24-22?. The van der Waals surface area contributed by atoms with Crippen molar-refractivity contribution in [1.29, 1.82) is 0 Å². The Labute approximate surface area is 184 Å². The van der Waals surface area contributed by atoms with E-state index in [0.717, 1.165) is 17.3 Å². The number of hydrogen-bond acceptors (Lipinski definition) is 8. The molecule has 0 radical (unpaired) electrons. The second-order valence-corrected chi connectivity index (χ2v) is 7.61. The monoisotopic (exact) mass is 441 g/mol. The van der Waals surface area contributed by atoms with Gasteiger partial charge in [0, 0.05) is 0 Å². The fourth-order valence-electron chi connectivity index (χ4n) is 2.88. The number of carbonyl (C=O) groups excluding carboxylic acids is 1. The van der Waals surface area contributed by atoms with Gasteiger partial charge in [0.2, 0.25) is 5.75 Å². The van der Waals surface area contributed by atoms with E-state index >= 15 is 0 Å². The molecule has 0 fully saturated rings. The molecule has 7 nitrogen and oxygen atoms in total. The molecule has 2 aromatic carbocycles. The van der Waals surface area contributed by atoms with Crippen molar-refractivity contribution in [3.05, 3.63) is 63.8 Å². The van der Waals surface area contributed by atoms with Crippen LogP contribution < -0.4 is 9.47 Å². The molecule has 0 amide bonds. The predicted octanol–water partition coefficient (Wildman–Crippen LogP) is 4.91. The van der Waals surface area contributed by atoms with Crippen LogP contribution in [0.4, 0.5) is 5.69 Å². The molecular weight excluding hydrogens is 418 g/mol. The Kier molecular flexibility index (Phi) is 6.91. The quantitative estimate of drug-likeness (QED) is 0.615. The van der Waals surface area contributed by atoms with Gasteiger partial charge < -0.3 is 24.4 Å². The molecule has 162 valence electrons. The van der Waals surface area contributed by atoms with Crippen molar-refractivity contribution in [2.24, 2.45) is 4.99 Å². The number of aromatic hydroxyl groups is 1. The summed E-state index contributed by atoms with van der Waals surface area (Å²) in [5.74, 6) is -0.559. The largest absolute Gasteiger partial charge is 0.506 e. The minimum atomic E-state index is -0.650. The first-order valence-corrected chi connectivity index (χ1v) is 10.3. The summed E-state index contributed by atoms with van der Waals surface area (Å²) in [7, 11) is 2.86. The van der Waals surface area contributed by atoms with Gasteiger partial charge in [-0.25, -0.2) is 9.79 Å². The molecule has 0 saturated carbocycles. The molecule has 2 N–H and O–H groups in total. The normalized spacial score (nSPS) is 16.1. The van der Waals surface area contributed by atoms with Crippen LogP contribution in [0.5, 0.6) is 17.2 Å². The van der Waals surface area contributed by atoms with E-state index in [1.807, 2.05) is 31.2 Å². The van der Waals surface area contributed by atoms with E-state index in [4.69, 9.17) is 14.2 Å². The van der Waals surface area contributed by atoms with Gasteiger partial charge >= 0.3 is 5.97 Å². The third-order valence-corrected chi connectivity index (χ3v) is 5.45. The lowest BCUT2D eigenvalue weighted by Gasteiger charge is -2.10. The molecule has 0 atom stereocenters. The van der Waals surface area contributed by atoms with Crippen molar-refractivity contribution in [3.63, 3.8) is 0 Å². The van der Waals surface area contributed by atoms with Crippen molar-refractivity contribution in [2.75, 3.05) is 20.8 Å². The number of aliphatic hydroxyl groups excluding tert-OH is 1. The molecule has 0 aromatic heterocycles. The lowest BCUT2D eigenvalue weighted by atomic mass is 10.1. The number of aliphatic hydroxyl groups is 1. The lowest BCUT2D eigenvalue weighted by molar-refractivity contribution is -0.138. The van der Waals surface area contributed by atoms with Crippen LogP contribution in [0.25, 0.3) is 6.08 Å². The number of esters is 1. The zero-order valence-electron chi connectivity index (χ0n) is 17.6. The summed E-state index contributed by atoms with van der Waals surface area (Å²) < 4.78 is 15.5. The summed E-state index contributed by atoms with van der Waals surface area (Å²) in [6.07, 6.45) is 1.65. The summed E-state index contributed by atoms with van der Waals surface area (Å²) >= 11 is 1.15. The van der Waals surface area contributed by atoms with E-state index in [0.29, 0.717) is 21.2 Å². The van der Waals surface area contributed by atoms with E-state index in [1.165, 1.54) is 14.2 Å². The highest BCUT2D eigenvalue weighted by atomic mass is 32.2. The Balaban J connectivity index is 2.08. The number of thioether (sulfide) groups is 1. The van der Waals surface area contributed by atoms with E-state index in [1.54, 1.807) is 25.1 Å². The fourth-order valence-corrected chi connectivity index (χ4v) is 3.91. The van der Waals surface area contributed by atoms with Gasteiger partial charge in [-0.05, 0) is 49.8 Å². The number of carbonyl (C=O) groups is 1. The highest BCUT2D eigenvalue weighted by Crippen LogP contribution is 2.42. The summed E-state index contributed by atoms with van der Waals surface area (Å²) in [6, 6.07) is 10.7. The minimum absolute atomic E-state index is 0.0105. The molecule has 8 heteroatoms. The number of rotatable bonds is 6. The van der Waals surface area contributed by atoms with Crippen molar-refractivity contribution in [3.8, 4) is 17.2 Å². The molecule has 31 heavy (non-hydrogen) atoms. The second kappa shape index (κ2) is 9.61. The van der Waals surface area contributed by atoms with E-state index in [2.05, 4.69) is 4.99 Å². The van der Waals surface area contributed by atoms with E-state index in [9.17, 15) is 15.0 Å². The van der Waals surface area contributed by atoms with Crippen LogP contribution in [0.3, 0.4) is 0 Å². The lowest BCUT2D eigenvalue weighted by Crippen LogP contribution is -2.12. The highest BCUT2D eigenvalue weighted by molar-refractivity contribution is 8.18. The zero-order valence-corrected chi connectivity index (χ0v) is 18.4. The number of benzene rings is 2. The van der Waals surface area contributed by atoms with Crippen LogP contribution in [0.2, 0.25) is 0 Å². The predicted molar refractivity (Wildman–Crippen MR) is 121 cm³/mol. The van der Waals surface area contributed by atoms with Crippen molar-refractivity contribution in [1.82, 2.24) is 0 Å². The smallest absolute Gasteiger partial charge is 0.344 e. The molecule has 3 rings (SSSR count). The second-order valence-electron chi connectivity index (χ2n) is 6.58. The summed E-state index contributed by atoms with van der Waals surface area (Å²) in [4.78, 5) is 17.5. The van der Waals surface area contributed by atoms with Gasteiger partial charge in [-0.2, -0.15) is 0 Å². The number of phenolic OH excluding ortho intramolecular Hbond substituents is 1. The van der Waals surface area contributed by atoms with Gasteiger partial charge in [0.15, 0.2) is 11.5 Å². The molecule has 0 saturated heterocycles. The van der Waals surface area contributed by atoms with Crippen molar-refractivity contribution >= 4 is 34.5 Å². The topological polar surface area (TPSA) is 97.6 Å². The maximum absolute atomic E-state index is 12.5. The van der Waals surface area contributed by atoms with E-state index in [-0.39, 0.29) is 35.2 Å². The number of methoxy groups -OCH3 is 2. The molecule has 2 aromatic rings.